The van der Waals surface area contributed by atoms with Crippen LogP contribution in [0.1, 0.15) is 5.56 Å². The van der Waals surface area contributed by atoms with Crippen molar-refractivity contribution in [1.29, 1.82) is 0 Å². The van der Waals surface area contributed by atoms with Crippen LogP contribution in [-0.2, 0) is 6.54 Å². The minimum absolute atomic E-state index is 0.00244. The van der Waals surface area contributed by atoms with Gasteiger partial charge in [-0.15, -0.1) is 0 Å². The molecule has 94 valence electrons. The molecule has 0 aliphatic rings. The maximum Gasteiger partial charge on any atom is 0.160 e. The summed E-state index contributed by atoms with van der Waals surface area (Å²) in [5.41, 5.74) is 1.65. The first-order valence-electron chi connectivity index (χ1n) is 5.04. The maximum atomic E-state index is 13.2. The van der Waals surface area contributed by atoms with Gasteiger partial charge in [0.05, 0.1) is 10.0 Å². The summed E-state index contributed by atoms with van der Waals surface area (Å²) in [4.78, 5) is 4.05. The van der Waals surface area contributed by atoms with Crippen LogP contribution in [0.4, 0.5) is 10.1 Å². The van der Waals surface area contributed by atoms with Gasteiger partial charge in [0.2, 0.25) is 0 Å². The Morgan fingerprint density at radius 3 is 2.44 bits per heavy atom. The number of anilines is 1. The normalized spacial score (nSPS) is 10.4. The molecule has 18 heavy (non-hydrogen) atoms. The lowest BCUT2D eigenvalue weighted by Crippen LogP contribution is -2.00. The Bertz CT molecular complexity index is 555. The topological polar surface area (TPSA) is 24.9 Å². The third-order valence-corrected chi connectivity index (χ3v) is 3.23. The molecule has 0 saturated carbocycles. The lowest BCUT2D eigenvalue weighted by atomic mass is 10.2. The number of aromatic nitrogens is 1. The molecule has 2 aromatic rings. The van der Waals surface area contributed by atoms with Crippen molar-refractivity contribution in [2.45, 2.75) is 6.54 Å². The number of nitrogens with one attached hydrogen (secondary N) is 1. The fourth-order valence-electron chi connectivity index (χ4n) is 1.41. The van der Waals surface area contributed by atoms with E-state index in [-0.39, 0.29) is 10.0 Å². The van der Waals surface area contributed by atoms with E-state index in [1.807, 2.05) is 6.07 Å². The molecular formula is C12H8BrCl2FN2. The third-order valence-electron chi connectivity index (χ3n) is 2.24. The summed E-state index contributed by atoms with van der Waals surface area (Å²) in [6, 6.07) is 4.93. The molecule has 1 aromatic heterocycles. The van der Waals surface area contributed by atoms with Crippen LogP contribution in [0.3, 0.4) is 0 Å². The molecule has 6 heteroatoms. The molecule has 1 N–H and O–H groups in total. The zero-order valence-corrected chi connectivity index (χ0v) is 12.2. The summed E-state index contributed by atoms with van der Waals surface area (Å²) >= 11 is 14.8. The predicted octanol–water partition coefficient (Wildman–Crippen LogP) is 4.90. The molecular weight excluding hydrogens is 342 g/mol. The van der Waals surface area contributed by atoms with E-state index in [4.69, 9.17) is 23.2 Å². The molecule has 0 saturated heterocycles. The smallest absolute Gasteiger partial charge is 0.160 e. The second-order valence-electron chi connectivity index (χ2n) is 3.62. The molecule has 0 atom stereocenters. The minimum Gasteiger partial charge on any atom is -0.381 e. The Morgan fingerprint density at radius 1 is 1.17 bits per heavy atom. The summed E-state index contributed by atoms with van der Waals surface area (Å²) in [6.45, 7) is 0.546. The Kier molecular flexibility index (Phi) is 4.43. The van der Waals surface area contributed by atoms with Crippen molar-refractivity contribution in [2.75, 3.05) is 5.32 Å². The Labute approximate surface area is 122 Å². The molecule has 0 aliphatic heterocycles. The van der Waals surface area contributed by atoms with Crippen LogP contribution in [0.25, 0.3) is 0 Å². The van der Waals surface area contributed by atoms with E-state index < -0.39 is 5.82 Å². The molecule has 0 spiro atoms. The van der Waals surface area contributed by atoms with Gasteiger partial charge in [-0.1, -0.05) is 23.2 Å². The van der Waals surface area contributed by atoms with Crippen molar-refractivity contribution in [2.24, 2.45) is 0 Å². The first kappa shape index (κ1) is 13.6. The van der Waals surface area contributed by atoms with Gasteiger partial charge in [0, 0.05) is 29.1 Å². The van der Waals surface area contributed by atoms with E-state index in [2.05, 4.69) is 26.2 Å². The van der Waals surface area contributed by atoms with E-state index in [1.54, 1.807) is 12.4 Å². The summed E-state index contributed by atoms with van der Waals surface area (Å²) in [5, 5.41) is 3.10. The van der Waals surface area contributed by atoms with E-state index in [0.29, 0.717) is 12.2 Å². The van der Waals surface area contributed by atoms with Gasteiger partial charge in [-0.25, -0.2) is 4.39 Å². The molecule has 2 rings (SSSR count). The number of rotatable bonds is 3. The predicted molar refractivity (Wildman–Crippen MR) is 75.7 cm³/mol. The van der Waals surface area contributed by atoms with Crippen molar-refractivity contribution >= 4 is 44.8 Å². The van der Waals surface area contributed by atoms with Crippen LogP contribution < -0.4 is 5.32 Å². The van der Waals surface area contributed by atoms with E-state index in [0.717, 1.165) is 10.0 Å². The quantitative estimate of drug-likeness (QED) is 0.797. The van der Waals surface area contributed by atoms with Gasteiger partial charge in [-0.3, -0.25) is 4.98 Å². The highest BCUT2D eigenvalue weighted by atomic mass is 79.9. The van der Waals surface area contributed by atoms with Crippen LogP contribution >= 0.6 is 39.1 Å². The van der Waals surface area contributed by atoms with Crippen molar-refractivity contribution in [1.82, 2.24) is 4.98 Å². The highest BCUT2D eigenvalue weighted by Gasteiger charge is 2.07. The summed E-state index contributed by atoms with van der Waals surface area (Å²) in [7, 11) is 0. The van der Waals surface area contributed by atoms with Crippen molar-refractivity contribution in [3.05, 3.63) is 56.5 Å². The fourth-order valence-corrected chi connectivity index (χ4v) is 2.31. The number of nitrogens with zero attached hydrogens (tertiary/aromatic N) is 1. The highest BCUT2D eigenvalue weighted by molar-refractivity contribution is 9.10. The first-order valence-corrected chi connectivity index (χ1v) is 6.59. The average molecular weight is 350 g/mol. The van der Waals surface area contributed by atoms with Gasteiger partial charge in [-0.05, 0) is 39.7 Å². The number of halogens is 4. The Balaban J connectivity index is 2.11. The molecule has 0 radical (unpaired) electrons. The SMILES string of the molecule is Fc1c(Cl)cc(NCc2cncc(Br)c2)cc1Cl. The summed E-state index contributed by atoms with van der Waals surface area (Å²) < 4.78 is 14.1. The average Bonchev–Trinajstić information content (AvgIpc) is 2.33. The lowest BCUT2D eigenvalue weighted by Gasteiger charge is -2.08. The fraction of sp³-hybridized carbons (Fsp3) is 0.0833. The second-order valence-corrected chi connectivity index (χ2v) is 5.35. The minimum atomic E-state index is -0.604. The second kappa shape index (κ2) is 5.87. The molecule has 0 amide bonds. The lowest BCUT2D eigenvalue weighted by molar-refractivity contribution is 0.629. The van der Waals surface area contributed by atoms with Gasteiger partial charge in [-0.2, -0.15) is 0 Å². The number of hydrogen-bond donors (Lipinski definition) is 1. The van der Waals surface area contributed by atoms with E-state index in [9.17, 15) is 4.39 Å². The number of pyridine rings is 1. The van der Waals surface area contributed by atoms with Gasteiger partial charge in [0.25, 0.3) is 0 Å². The molecule has 0 aliphatic carbocycles. The standard InChI is InChI=1S/C12H8BrCl2FN2/c13-8-1-7(4-17-6-8)5-18-9-2-10(14)12(16)11(15)3-9/h1-4,6,18H,5H2. The number of benzene rings is 1. The van der Waals surface area contributed by atoms with Crippen molar-refractivity contribution in [3.63, 3.8) is 0 Å². The third kappa shape index (κ3) is 3.34. The maximum absolute atomic E-state index is 13.2. The van der Waals surface area contributed by atoms with E-state index in [1.165, 1.54) is 12.1 Å². The Morgan fingerprint density at radius 2 is 1.83 bits per heavy atom. The molecule has 0 fully saturated rings. The van der Waals surface area contributed by atoms with Crippen LogP contribution in [0, 0.1) is 5.82 Å². The Hall–Kier alpha value is -0.840. The van der Waals surface area contributed by atoms with Crippen LogP contribution in [-0.4, -0.2) is 4.98 Å². The van der Waals surface area contributed by atoms with Crippen LogP contribution in [0.2, 0.25) is 10.0 Å². The molecule has 0 unspecified atom stereocenters. The van der Waals surface area contributed by atoms with Gasteiger partial charge in [0.1, 0.15) is 0 Å². The van der Waals surface area contributed by atoms with Crippen LogP contribution in [0.15, 0.2) is 35.1 Å². The number of hydrogen-bond acceptors (Lipinski definition) is 2. The summed E-state index contributed by atoms with van der Waals surface area (Å²) in [6.07, 6.45) is 3.44. The van der Waals surface area contributed by atoms with Crippen molar-refractivity contribution in [3.8, 4) is 0 Å². The van der Waals surface area contributed by atoms with E-state index >= 15 is 0 Å². The molecule has 0 bridgehead atoms. The van der Waals surface area contributed by atoms with Crippen LogP contribution in [0.5, 0.6) is 0 Å². The zero-order chi connectivity index (χ0) is 13.1. The molecule has 2 nitrogen and oxygen atoms in total. The monoisotopic (exact) mass is 348 g/mol. The zero-order valence-electron chi connectivity index (χ0n) is 9.05. The van der Waals surface area contributed by atoms with Gasteiger partial charge < -0.3 is 5.32 Å². The van der Waals surface area contributed by atoms with Gasteiger partial charge >= 0.3 is 0 Å². The van der Waals surface area contributed by atoms with Gasteiger partial charge in [0.15, 0.2) is 5.82 Å². The highest BCUT2D eigenvalue weighted by Crippen LogP contribution is 2.27. The molecule has 1 aromatic carbocycles. The first-order chi connectivity index (χ1) is 8.56. The largest absolute Gasteiger partial charge is 0.381 e. The van der Waals surface area contributed by atoms with Crippen molar-refractivity contribution < 1.29 is 4.39 Å². The molecule has 1 heterocycles. The summed E-state index contributed by atoms with van der Waals surface area (Å²) in [5.74, 6) is -0.604.